The quantitative estimate of drug-likeness (QED) is 0.380. The van der Waals surface area contributed by atoms with Gasteiger partial charge >= 0.3 is 0 Å². The zero-order valence-corrected chi connectivity index (χ0v) is 4.87. The first-order valence-electron chi connectivity index (χ1n) is 2.64. The zero-order valence-electron chi connectivity index (χ0n) is 4.87. The highest BCUT2D eigenvalue weighted by molar-refractivity contribution is 6.35. The summed E-state index contributed by atoms with van der Waals surface area (Å²) in [5, 5.41) is 0. The van der Waals surface area contributed by atoms with Crippen molar-refractivity contribution in [1.82, 2.24) is 0 Å². The molecule has 0 amide bonds. The summed E-state index contributed by atoms with van der Waals surface area (Å²) >= 11 is 0. The Balaban J connectivity index is 3.15. The molecule has 42 valence electrons. The molecule has 0 N–H and O–H groups in total. The van der Waals surface area contributed by atoms with E-state index in [4.69, 9.17) is 7.85 Å². The van der Waals surface area contributed by atoms with Crippen LogP contribution in [0, 0.1) is 0 Å². The molecule has 0 aliphatic carbocycles. The Morgan fingerprint density at radius 1 is 1.33 bits per heavy atom. The maximum absolute atomic E-state index is 10.1. The summed E-state index contributed by atoms with van der Waals surface area (Å²) in [6.07, 6.45) is 0.745. The maximum atomic E-state index is 10.1. The van der Waals surface area contributed by atoms with Gasteiger partial charge in [0.05, 0.1) is 0 Å². The zero-order chi connectivity index (χ0) is 6.69. The second-order valence-electron chi connectivity index (χ2n) is 1.75. The predicted molar refractivity (Wildman–Crippen MR) is 37.2 cm³/mol. The minimum atomic E-state index is 0.535. The van der Waals surface area contributed by atoms with E-state index >= 15 is 0 Å². The fourth-order valence-corrected chi connectivity index (χ4v) is 0.618. The molecule has 0 heterocycles. The molecule has 1 aromatic carbocycles. The number of hydrogen-bond acceptors (Lipinski definition) is 1. The van der Waals surface area contributed by atoms with Gasteiger partial charge in [-0.15, -0.1) is 0 Å². The van der Waals surface area contributed by atoms with E-state index in [2.05, 4.69) is 0 Å². The summed E-state index contributed by atoms with van der Waals surface area (Å²) in [6.45, 7) is 0. The van der Waals surface area contributed by atoms with Crippen molar-refractivity contribution in [2.75, 3.05) is 0 Å². The van der Waals surface area contributed by atoms with Crippen molar-refractivity contribution in [2.45, 2.75) is 0 Å². The summed E-state index contributed by atoms with van der Waals surface area (Å²) in [5.41, 5.74) is 1.09. The van der Waals surface area contributed by atoms with E-state index in [1.54, 1.807) is 24.3 Å². The van der Waals surface area contributed by atoms with E-state index in [9.17, 15) is 4.79 Å². The Labute approximate surface area is 55.1 Å². The number of carbonyl (C=O) groups excluding carboxylic acids is 1. The lowest BCUT2D eigenvalue weighted by atomic mass is 9.91. The summed E-state index contributed by atoms with van der Waals surface area (Å²) in [4.78, 5) is 10.1. The highest BCUT2D eigenvalue weighted by Gasteiger charge is 1.89. The van der Waals surface area contributed by atoms with Gasteiger partial charge < -0.3 is 0 Å². The molecule has 0 fully saturated rings. The average molecular weight is 116 g/mol. The van der Waals surface area contributed by atoms with Crippen molar-refractivity contribution < 1.29 is 4.79 Å². The molecule has 2 heteroatoms. The van der Waals surface area contributed by atoms with Crippen LogP contribution in [0.25, 0.3) is 0 Å². The molecular weight excluding hydrogens is 111 g/mol. The van der Waals surface area contributed by atoms with E-state index in [1.807, 2.05) is 0 Å². The number of hydrogen-bond donors (Lipinski definition) is 0. The lowest BCUT2D eigenvalue weighted by Gasteiger charge is -1.93. The molecule has 0 saturated carbocycles. The minimum Gasteiger partial charge on any atom is -0.298 e. The molecule has 0 aliphatic heterocycles. The highest BCUT2D eigenvalue weighted by Crippen LogP contribution is 1.87. The van der Waals surface area contributed by atoms with Crippen LogP contribution in [0.5, 0.6) is 0 Å². The van der Waals surface area contributed by atoms with Crippen molar-refractivity contribution in [1.29, 1.82) is 0 Å². The summed E-state index contributed by atoms with van der Waals surface area (Å²) < 4.78 is 0. The normalized spacial score (nSPS) is 8.89. The molecule has 9 heavy (non-hydrogen) atoms. The van der Waals surface area contributed by atoms with Crippen LogP contribution >= 0.6 is 0 Å². The third-order valence-corrected chi connectivity index (χ3v) is 1.12. The van der Waals surface area contributed by atoms with Crippen molar-refractivity contribution in [3.8, 4) is 0 Å². The van der Waals surface area contributed by atoms with Gasteiger partial charge in [0.15, 0.2) is 0 Å². The predicted octanol–water partition coefficient (Wildman–Crippen LogP) is 0.293. The number of carbonyl (C=O) groups is 1. The molecule has 0 spiro atoms. The number of rotatable bonds is 1. The van der Waals surface area contributed by atoms with Gasteiger partial charge in [-0.05, 0) is 0 Å². The van der Waals surface area contributed by atoms with Crippen LogP contribution in [0.3, 0.4) is 0 Å². The molecule has 1 nitrogen and oxygen atoms in total. The van der Waals surface area contributed by atoms with Crippen LogP contribution in [0.1, 0.15) is 10.4 Å². The first-order chi connectivity index (χ1) is 4.34. The van der Waals surface area contributed by atoms with Crippen LogP contribution in [0.15, 0.2) is 24.3 Å². The molecule has 0 bridgehead atoms. The van der Waals surface area contributed by atoms with Crippen LogP contribution in [-0.4, -0.2) is 14.1 Å². The molecule has 1 aromatic rings. The van der Waals surface area contributed by atoms with Gasteiger partial charge in [-0.1, -0.05) is 29.7 Å². The molecule has 1 rings (SSSR count). The number of aldehydes is 1. The maximum Gasteiger partial charge on any atom is 0.149 e. The van der Waals surface area contributed by atoms with Crippen molar-refractivity contribution in [3.05, 3.63) is 29.8 Å². The van der Waals surface area contributed by atoms with Gasteiger partial charge in [0.25, 0.3) is 0 Å². The largest absolute Gasteiger partial charge is 0.298 e. The molecule has 0 unspecified atom stereocenters. The van der Waals surface area contributed by atoms with Gasteiger partial charge in [0.2, 0.25) is 0 Å². The van der Waals surface area contributed by atoms with Crippen LogP contribution in [-0.2, 0) is 0 Å². The SMILES string of the molecule is [B]c1ccccc1C=O. The lowest BCUT2D eigenvalue weighted by molar-refractivity contribution is 0.112. The standard InChI is InChI=1S/C7H5BO/c8-7-4-2-1-3-6(7)5-9/h1-5H. The first kappa shape index (κ1) is 6.08. The molecule has 2 radical (unpaired) electrons. The Kier molecular flexibility index (Phi) is 1.68. The van der Waals surface area contributed by atoms with E-state index in [-0.39, 0.29) is 0 Å². The van der Waals surface area contributed by atoms with Gasteiger partial charge in [0.1, 0.15) is 14.1 Å². The lowest BCUT2D eigenvalue weighted by Crippen LogP contribution is -2.07. The van der Waals surface area contributed by atoms with Crippen LogP contribution in [0.4, 0.5) is 0 Å². The molecule has 0 aliphatic rings. The van der Waals surface area contributed by atoms with Crippen molar-refractivity contribution in [3.63, 3.8) is 0 Å². The smallest absolute Gasteiger partial charge is 0.149 e. The fraction of sp³-hybridized carbons (Fsp3) is 0. The average Bonchev–Trinajstić information content (AvgIpc) is 1.89. The Hall–Kier alpha value is -1.05. The third kappa shape index (κ3) is 1.19. The topological polar surface area (TPSA) is 17.1 Å². The van der Waals surface area contributed by atoms with Crippen LogP contribution < -0.4 is 5.46 Å². The fourth-order valence-electron chi connectivity index (χ4n) is 0.618. The molecule has 0 saturated heterocycles. The summed E-state index contributed by atoms with van der Waals surface area (Å²) in [6, 6.07) is 6.95. The van der Waals surface area contributed by atoms with Gasteiger partial charge in [-0.3, -0.25) is 4.79 Å². The monoisotopic (exact) mass is 116 g/mol. The van der Waals surface area contributed by atoms with Gasteiger partial charge in [0, 0.05) is 5.56 Å². The third-order valence-electron chi connectivity index (χ3n) is 1.12. The molecule has 0 aromatic heterocycles. The van der Waals surface area contributed by atoms with E-state index < -0.39 is 0 Å². The van der Waals surface area contributed by atoms with Crippen molar-refractivity contribution >= 4 is 19.6 Å². The second-order valence-corrected chi connectivity index (χ2v) is 1.75. The molecular formula is C7H5BO. The Morgan fingerprint density at radius 3 is 2.44 bits per heavy atom. The summed E-state index contributed by atoms with van der Waals surface area (Å²) in [5.74, 6) is 0. The number of benzene rings is 1. The Morgan fingerprint density at radius 2 is 2.00 bits per heavy atom. The van der Waals surface area contributed by atoms with E-state index in [1.165, 1.54) is 0 Å². The van der Waals surface area contributed by atoms with Crippen LogP contribution in [0.2, 0.25) is 0 Å². The molecule has 0 atom stereocenters. The Bertz CT molecular complexity index is 220. The van der Waals surface area contributed by atoms with Gasteiger partial charge in [-0.2, -0.15) is 0 Å². The highest BCUT2D eigenvalue weighted by atomic mass is 16.1. The van der Waals surface area contributed by atoms with E-state index in [0.29, 0.717) is 11.0 Å². The van der Waals surface area contributed by atoms with Crippen molar-refractivity contribution in [2.24, 2.45) is 0 Å². The second kappa shape index (κ2) is 2.49. The van der Waals surface area contributed by atoms with E-state index in [0.717, 1.165) is 6.29 Å². The van der Waals surface area contributed by atoms with Gasteiger partial charge in [-0.25, -0.2) is 0 Å². The first-order valence-corrected chi connectivity index (χ1v) is 2.64. The summed E-state index contributed by atoms with van der Waals surface area (Å²) in [7, 11) is 5.40. The minimum absolute atomic E-state index is 0.535.